The van der Waals surface area contributed by atoms with E-state index in [1.54, 1.807) is 16.8 Å². The lowest BCUT2D eigenvalue weighted by molar-refractivity contribution is -0.122. The van der Waals surface area contributed by atoms with Crippen molar-refractivity contribution in [3.8, 4) is 0 Å². The summed E-state index contributed by atoms with van der Waals surface area (Å²) in [6, 6.07) is 6.78. The van der Waals surface area contributed by atoms with Crippen LogP contribution in [0.5, 0.6) is 0 Å². The monoisotopic (exact) mass is 399 g/mol. The van der Waals surface area contributed by atoms with Crippen LogP contribution in [0.2, 0.25) is 5.02 Å². The molecule has 3 amide bonds. The van der Waals surface area contributed by atoms with Gasteiger partial charge in [0.1, 0.15) is 0 Å². The zero-order valence-electron chi connectivity index (χ0n) is 15.0. The molecule has 1 N–H and O–H groups in total. The number of carbonyl (C=O) groups excluding carboxylic acids is 3. The molecule has 1 saturated heterocycles. The molecule has 3 aliphatic rings. The molecule has 1 saturated carbocycles. The van der Waals surface area contributed by atoms with E-state index < -0.39 is 0 Å². The Hall–Kier alpha value is -2.74. The summed E-state index contributed by atoms with van der Waals surface area (Å²) in [6.07, 6.45) is 3.54. The quantitative estimate of drug-likeness (QED) is 0.782. The van der Waals surface area contributed by atoms with Crippen LogP contribution in [0.15, 0.2) is 24.3 Å². The van der Waals surface area contributed by atoms with E-state index in [4.69, 9.17) is 11.6 Å². The first-order chi connectivity index (χ1) is 13.5. The predicted molar refractivity (Wildman–Crippen MR) is 101 cm³/mol. The standard InChI is InChI=1S/C19H18ClN5O3/c20-11-7-5-10(6-8-11)14-9-15(26)21-18-22-19(23-25(14)18)24-16(27)12-3-1-2-4-13(12)17(24)28/h5-8,12-14H,1-4,9H2,(H,21,22,23,26)/t12-,13+,14-/m1/s1. The van der Waals surface area contributed by atoms with Crippen LogP contribution in [0.25, 0.3) is 0 Å². The van der Waals surface area contributed by atoms with Gasteiger partial charge in [0.25, 0.3) is 5.95 Å². The van der Waals surface area contributed by atoms with Crippen molar-refractivity contribution < 1.29 is 14.4 Å². The number of hydrogen-bond acceptors (Lipinski definition) is 5. The number of amides is 3. The molecule has 3 heterocycles. The molecule has 28 heavy (non-hydrogen) atoms. The molecule has 0 bridgehead atoms. The third-order valence-corrected chi connectivity index (χ3v) is 6.09. The Morgan fingerprint density at radius 2 is 1.64 bits per heavy atom. The van der Waals surface area contributed by atoms with E-state index in [1.807, 2.05) is 12.1 Å². The minimum absolute atomic E-state index is 0.0422. The van der Waals surface area contributed by atoms with Crippen molar-refractivity contribution in [2.45, 2.75) is 38.1 Å². The maximum Gasteiger partial charge on any atom is 0.260 e. The number of rotatable bonds is 2. The lowest BCUT2D eigenvalue weighted by atomic mass is 9.81. The zero-order chi connectivity index (χ0) is 19.4. The zero-order valence-corrected chi connectivity index (χ0v) is 15.7. The van der Waals surface area contributed by atoms with Crippen molar-refractivity contribution in [3.63, 3.8) is 0 Å². The summed E-state index contributed by atoms with van der Waals surface area (Å²) in [6.45, 7) is 0. The molecule has 0 radical (unpaired) electrons. The molecule has 0 spiro atoms. The fraction of sp³-hybridized carbons (Fsp3) is 0.421. The second-order valence-electron chi connectivity index (χ2n) is 7.51. The van der Waals surface area contributed by atoms with E-state index in [2.05, 4.69) is 15.4 Å². The van der Waals surface area contributed by atoms with Crippen LogP contribution < -0.4 is 10.2 Å². The normalized spacial score (nSPS) is 26.8. The molecule has 8 nitrogen and oxygen atoms in total. The van der Waals surface area contributed by atoms with Crippen LogP contribution in [0.3, 0.4) is 0 Å². The Morgan fingerprint density at radius 3 is 2.29 bits per heavy atom. The first-order valence-electron chi connectivity index (χ1n) is 9.42. The van der Waals surface area contributed by atoms with Crippen LogP contribution in [0.4, 0.5) is 11.9 Å². The molecule has 2 aromatic rings. The van der Waals surface area contributed by atoms with Gasteiger partial charge < -0.3 is 0 Å². The third-order valence-electron chi connectivity index (χ3n) is 5.84. The molecule has 2 fully saturated rings. The molecular formula is C19H18ClN5O3. The highest BCUT2D eigenvalue weighted by molar-refractivity contribution is 6.30. The molecule has 5 rings (SSSR count). The van der Waals surface area contributed by atoms with Gasteiger partial charge in [-0.15, -0.1) is 5.10 Å². The molecule has 2 aliphatic heterocycles. The van der Waals surface area contributed by atoms with Crippen LogP contribution in [-0.2, 0) is 14.4 Å². The molecule has 1 aliphatic carbocycles. The summed E-state index contributed by atoms with van der Waals surface area (Å²) in [5.41, 5.74) is 0.852. The second kappa shape index (κ2) is 6.41. The van der Waals surface area contributed by atoms with Crippen molar-refractivity contribution in [3.05, 3.63) is 34.9 Å². The van der Waals surface area contributed by atoms with E-state index in [1.165, 1.54) is 0 Å². The first-order valence-corrected chi connectivity index (χ1v) is 9.80. The maximum atomic E-state index is 12.8. The number of halogens is 1. The summed E-state index contributed by atoms with van der Waals surface area (Å²) in [5, 5.41) is 7.73. The lowest BCUT2D eigenvalue weighted by Crippen LogP contribution is -2.32. The number of fused-ring (bicyclic) bond motifs is 2. The van der Waals surface area contributed by atoms with E-state index in [9.17, 15) is 14.4 Å². The first kappa shape index (κ1) is 17.4. The summed E-state index contributed by atoms with van der Waals surface area (Å²) in [5.74, 6) is -0.924. The highest BCUT2D eigenvalue weighted by atomic mass is 35.5. The molecule has 1 aromatic heterocycles. The summed E-state index contributed by atoms with van der Waals surface area (Å²) in [7, 11) is 0. The van der Waals surface area contributed by atoms with Crippen molar-refractivity contribution in [2.24, 2.45) is 11.8 Å². The van der Waals surface area contributed by atoms with Gasteiger partial charge in [0.2, 0.25) is 23.7 Å². The number of benzene rings is 1. The van der Waals surface area contributed by atoms with E-state index in [0.29, 0.717) is 5.02 Å². The minimum Gasteiger partial charge on any atom is -0.295 e. The van der Waals surface area contributed by atoms with Crippen molar-refractivity contribution in [1.82, 2.24) is 14.8 Å². The largest absolute Gasteiger partial charge is 0.295 e. The Bertz CT molecular complexity index is 962. The van der Waals surface area contributed by atoms with Gasteiger partial charge in [0, 0.05) is 5.02 Å². The van der Waals surface area contributed by atoms with Gasteiger partial charge in [-0.2, -0.15) is 4.98 Å². The molecule has 144 valence electrons. The predicted octanol–water partition coefficient (Wildman–Crippen LogP) is 2.54. The lowest BCUT2D eigenvalue weighted by Gasteiger charge is -2.23. The van der Waals surface area contributed by atoms with Crippen LogP contribution in [0, 0.1) is 11.8 Å². The molecular weight excluding hydrogens is 382 g/mol. The van der Waals surface area contributed by atoms with E-state index in [0.717, 1.165) is 36.1 Å². The average Bonchev–Trinajstić information content (AvgIpc) is 3.21. The molecule has 0 unspecified atom stereocenters. The highest BCUT2D eigenvalue weighted by Gasteiger charge is 2.50. The fourth-order valence-corrected chi connectivity index (χ4v) is 4.58. The van der Waals surface area contributed by atoms with E-state index >= 15 is 0 Å². The topological polar surface area (TPSA) is 97.2 Å². The van der Waals surface area contributed by atoms with Crippen molar-refractivity contribution in [2.75, 3.05) is 10.2 Å². The highest BCUT2D eigenvalue weighted by Crippen LogP contribution is 2.40. The molecule has 9 heteroatoms. The minimum atomic E-state index is -0.377. The number of nitrogens with one attached hydrogen (secondary N) is 1. The Morgan fingerprint density at radius 1 is 1.00 bits per heavy atom. The van der Waals surface area contributed by atoms with Gasteiger partial charge in [0.05, 0.1) is 24.3 Å². The third kappa shape index (κ3) is 2.63. The van der Waals surface area contributed by atoms with Gasteiger partial charge in [-0.25, -0.2) is 9.58 Å². The fourth-order valence-electron chi connectivity index (χ4n) is 4.45. The average molecular weight is 400 g/mol. The van der Waals surface area contributed by atoms with Gasteiger partial charge >= 0.3 is 0 Å². The maximum absolute atomic E-state index is 12.8. The Balaban J connectivity index is 1.53. The number of imide groups is 1. The number of anilines is 2. The summed E-state index contributed by atoms with van der Waals surface area (Å²) < 4.78 is 1.57. The number of carbonyl (C=O) groups is 3. The van der Waals surface area contributed by atoms with Crippen molar-refractivity contribution in [1.29, 1.82) is 0 Å². The Kier molecular flexibility index (Phi) is 3.97. The number of hydrogen-bond donors (Lipinski definition) is 1. The van der Waals surface area contributed by atoms with Gasteiger partial charge in [-0.1, -0.05) is 36.6 Å². The number of aromatic nitrogens is 3. The molecule has 1 aromatic carbocycles. The van der Waals surface area contributed by atoms with Gasteiger partial charge in [-0.05, 0) is 30.5 Å². The van der Waals surface area contributed by atoms with E-state index in [-0.39, 0.29) is 53.9 Å². The smallest absolute Gasteiger partial charge is 0.260 e. The van der Waals surface area contributed by atoms with Crippen LogP contribution in [0.1, 0.15) is 43.7 Å². The number of nitrogens with zero attached hydrogens (tertiary/aromatic N) is 4. The molecule has 3 atom stereocenters. The van der Waals surface area contributed by atoms with Gasteiger partial charge in [-0.3, -0.25) is 19.7 Å². The van der Waals surface area contributed by atoms with Gasteiger partial charge in [0.15, 0.2) is 0 Å². The van der Waals surface area contributed by atoms with Crippen LogP contribution in [-0.4, -0.2) is 32.5 Å². The van der Waals surface area contributed by atoms with Crippen LogP contribution >= 0.6 is 11.6 Å². The second-order valence-corrected chi connectivity index (χ2v) is 7.95. The van der Waals surface area contributed by atoms with Crippen molar-refractivity contribution >= 4 is 41.2 Å². The Labute approximate surface area is 165 Å². The SMILES string of the molecule is O=C1C[C@H](c2ccc(Cl)cc2)n2nc(N3C(=O)[C@H]4CCCC[C@H]4C3=O)nc2N1. The summed E-state index contributed by atoms with van der Waals surface area (Å²) >= 11 is 5.97. The summed E-state index contributed by atoms with van der Waals surface area (Å²) in [4.78, 5) is 43.3.